The topological polar surface area (TPSA) is 69.8 Å². The highest BCUT2D eigenvalue weighted by Crippen LogP contribution is 2.38. The number of aromatic nitrogens is 4. The van der Waals surface area contributed by atoms with E-state index in [2.05, 4.69) is 10.2 Å². The van der Waals surface area contributed by atoms with Crippen LogP contribution in [0.2, 0.25) is 0 Å². The van der Waals surface area contributed by atoms with Gasteiger partial charge in [0.2, 0.25) is 0 Å². The molecule has 1 aromatic carbocycles. The lowest BCUT2D eigenvalue weighted by molar-refractivity contribution is -0.138. The molecule has 0 saturated heterocycles. The van der Waals surface area contributed by atoms with Crippen molar-refractivity contribution in [2.24, 2.45) is 13.0 Å². The SMILES string of the molecule is CC(C)Cn1c(=O)n(C)c(=O)c2c(CSc3nncs3)c(Cc3ccccc3C(F)(F)F)sc21. The molecule has 0 fully saturated rings. The number of nitrogens with zero attached hydrogens (tertiary/aromatic N) is 4. The maximum absolute atomic E-state index is 13.7. The van der Waals surface area contributed by atoms with E-state index in [1.165, 1.54) is 53.6 Å². The lowest BCUT2D eigenvalue weighted by Gasteiger charge is -2.12. The fourth-order valence-corrected chi connectivity index (χ4v) is 6.71. The Balaban J connectivity index is 1.93. The van der Waals surface area contributed by atoms with Crippen LogP contribution in [0, 0.1) is 5.92 Å². The molecule has 0 aliphatic rings. The summed E-state index contributed by atoms with van der Waals surface area (Å²) >= 11 is 3.93. The van der Waals surface area contributed by atoms with Gasteiger partial charge in [-0.2, -0.15) is 13.2 Å². The van der Waals surface area contributed by atoms with Crippen molar-refractivity contribution in [3.63, 3.8) is 0 Å². The Morgan fingerprint density at radius 1 is 1.18 bits per heavy atom. The van der Waals surface area contributed by atoms with E-state index in [0.29, 0.717) is 37.3 Å². The van der Waals surface area contributed by atoms with E-state index in [4.69, 9.17) is 0 Å². The number of alkyl halides is 3. The normalized spacial score (nSPS) is 12.2. The molecular formula is C22H21F3N4O2S3. The number of hydrogen-bond donors (Lipinski definition) is 0. The molecule has 180 valence electrons. The number of thioether (sulfide) groups is 1. The van der Waals surface area contributed by atoms with Crippen LogP contribution in [0.15, 0.2) is 43.7 Å². The summed E-state index contributed by atoms with van der Waals surface area (Å²) in [6.07, 6.45) is -4.50. The van der Waals surface area contributed by atoms with Gasteiger partial charge in [-0.05, 0) is 23.1 Å². The van der Waals surface area contributed by atoms with Crippen LogP contribution in [0.3, 0.4) is 0 Å². The van der Waals surface area contributed by atoms with Gasteiger partial charge in [0.15, 0.2) is 4.34 Å². The van der Waals surface area contributed by atoms with E-state index in [-0.39, 0.29) is 17.9 Å². The molecule has 12 heteroatoms. The second-order valence-corrected chi connectivity index (χ2v) is 11.3. The fourth-order valence-electron chi connectivity index (χ4n) is 3.74. The molecular weight excluding hydrogens is 505 g/mol. The van der Waals surface area contributed by atoms with E-state index in [1.807, 2.05) is 13.8 Å². The van der Waals surface area contributed by atoms with Gasteiger partial charge in [0.05, 0.1) is 10.9 Å². The minimum absolute atomic E-state index is 0.0000652. The second kappa shape index (κ2) is 9.67. The van der Waals surface area contributed by atoms with Crippen molar-refractivity contribution in [3.05, 3.63) is 72.2 Å². The van der Waals surface area contributed by atoms with Gasteiger partial charge in [-0.1, -0.05) is 55.1 Å². The van der Waals surface area contributed by atoms with Gasteiger partial charge in [-0.25, -0.2) is 4.79 Å². The number of thiophene rings is 1. The van der Waals surface area contributed by atoms with Gasteiger partial charge >= 0.3 is 11.9 Å². The van der Waals surface area contributed by atoms with Gasteiger partial charge in [-0.15, -0.1) is 21.5 Å². The molecule has 0 N–H and O–H groups in total. The van der Waals surface area contributed by atoms with Crippen molar-refractivity contribution < 1.29 is 13.2 Å². The predicted octanol–water partition coefficient (Wildman–Crippen LogP) is 5.17. The summed E-state index contributed by atoms with van der Waals surface area (Å²) in [5, 5.41) is 8.21. The number of fused-ring (bicyclic) bond motifs is 1. The first kappa shape index (κ1) is 24.7. The molecule has 0 aliphatic carbocycles. The van der Waals surface area contributed by atoms with Crippen LogP contribution in [-0.2, 0) is 31.9 Å². The Kier molecular flexibility index (Phi) is 7.02. The summed E-state index contributed by atoms with van der Waals surface area (Å²) in [5.41, 5.74) is 0.766. The summed E-state index contributed by atoms with van der Waals surface area (Å²) in [5.74, 6) is 0.461. The predicted molar refractivity (Wildman–Crippen MR) is 130 cm³/mol. The summed E-state index contributed by atoms with van der Waals surface area (Å²) in [6, 6.07) is 5.45. The first-order valence-electron chi connectivity index (χ1n) is 10.4. The molecule has 0 unspecified atom stereocenters. The van der Waals surface area contributed by atoms with Crippen LogP contribution in [0.4, 0.5) is 13.2 Å². The van der Waals surface area contributed by atoms with Crippen LogP contribution in [-0.4, -0.2) is 19.3 Å². The molecule has 6 nitrogen and oxygen atoms in total. The third-order valence-electron chi connectivity index (χ3n) is 5.26. The van der Waals surface area contributed by atoms with Crippen molar-refractivity contribution in [1.82, 2.24) is 19.3 Å². The summed E-state index contributed by atoms with van der Waals surface area (Å²) < 4.78 is 44.3. The van der Waals surface area contributed by atoms with Crippen molar-refractivity contribution in [2.75, 3.05) is 0 Å². The highest BCUT2D eigenvalue weighted by atomic mass is 32.2. The van der Waals surface area contributed by atoms with E-state index >= 15 is 0 Å². The number of benzene rings is 1. The van der Waals surface area contributed by atoms with Gasteiger partial charge in [0, 0.05) is 30.6 Å². The molecule has 0 spiro atoms. The van der Waals surface area contributed by atoms with Crippen LogP contribution >= 0.6 is 34.4 Å². The standard InChI is InChI=1S/C22H21F3N4O2S3/c1-12(2)9-29-19-17(18(30)28(3)21(29)31)14(10-32-20-27-26-11-33-20)16(34-19)8-13-6-4-5-7-15(13)22(23,24)25/h4-7,11-12H,8-10H2,1-3H3. The lowest BCUT2D eigenvalue weighted by Crippen LogP contribution is -2.38. The largest absolute Gasteiger partial charge is 0.416 e. The van der Waals surface area contributed by atoms with Gasteiger partial charge < -0.3 is 0 Å². The molecule has 0 radical (unpaired) electrons. The molecule has 4 rings (SSSR count). The zero-order valence-corrected chi connectivity index (χ0v) is 21.0. The summed E-state index contributed by atoms with van der Waals surface area (Å²) in [4.78, 5) is 27.2. The minimum Gasteiger partial charge on any atom is -0.284 e. The Morgan fingerprint density at radius 2 is 1.91 bits per heavy atom. The summed E-state index contributed by atoms with van der Waals surface area (Å²) in [6.45, 7) is 4.32. The molecule has 3 aromatic heterocycles. The van der Waals surface area contributed by atoms with Crippen LogP contribution in [0.1, 0.15) is 35.4 Å². The van der Waals surface area contributed by atoms with E-state index in [0.717, 1.165) is 10.6 Å². The van der Waals surface area contributed by atoms with Crippen molar-refractivity contribution >= 4 is 44.7 Å². The molecule has 0 atom stereocenters. The third kappa shape index (κ3) is 4.84. The Labute approximate surface area is 205 Å². The summed E-state index contributed by atoms with van der Waals surface area (Å²) in [7, 11) is 1.43. The average Bonchev–Trinajstić information content (AvgIpc) is 3.41. The van der Waals surface area contributed by atoms with E-state index in [9.17, 15) is 22.8 Å². The molecule has 0 saturated carbocycles. The van der Waals surface area contributed by atoms with Gasteiger partial charge in [0.1, 0.15) is 10.3 Å². The zero-order chi connectivity index (χ0) is 24.6. The average molecular weight is 527 g/mol. The third-order valence-corrected chi connectivity index (χ3v) is 8.40. The number of rotatable bonds is 7. The maximum atomic E-state index is 13.7. The van der Waals surface area contributed by atoms with Crippen molar-refractivity contribution in [3.8, 4) is 0 Å². The molecule has 3 heterocycles. The van der Waals surface area contributed by atoms with E-state index < -0.39 is 23.0 Å². The van der Waals surface area contributed by atoms with Crippen molar-refractivity contribution in [2.45, 2.75) is 43.1 Å². The molecule has 34 heavy (non-hydrogen) atoms. The maximum Gasteiger partial charge on any atom is 0.416 e. The van der Waals surface area contributed by atoms with Gasteiger partial charge in [-0.3, -0.25) is 13.9 Å². The monoisotopic (exact) mass is 526 g/mol. The second-order valence-electron chi connectivity index (χ2n) is 8.16. The number of hydrogen-bond acceptors (Lipinski definition) is 7. The molecule has 0 amide bonds. The highest BCUT2D eigenvalue weighted by Gasteiger charge is 2.33. The van der Waals surface area contributed by atoms with Crippen LogP contribution in [0.5, 0.6) is 0 Å². The van der Waals surface area contributed by atoms with Gasteiger partial charge in [0.25, 0.3) is 5.56 Å². The zero-order valence-electron chi connectivity index (χ0n) is 18.5. The Bertz CT molecular complexity index is 1440. The quantitative estimate of drug-likeness (QED) is 0.311. The van der Waals surface area contributed by atoms with Crippen molar-refractivity contribution in [1.29, 1.82) is 0 Å². The molecule has 4 aromatic rings. The lowest BCUT2D eigenvalue weighted by atomic mass is 10.0. The first-order valence-corrected chi connectivity index (χ1v) is 13.0. The fraction of sp³-hybridized carbons (Fsp3) is 0.364. The van der Waals surface area contributed by atoms with E-state index in [1.54, 1.807) is 16.1 Å². The number of halogens is 3. The Morgan fingerprint density at radius 3 is 2.56 bits per heavy atom. The first-order chi connectivity index (χ1) is 16.1. The highest BCUT2D eigenvalue weighted by molar-refractivity contribution is 8.00. The minimum atomic E-state index is -4.50. The smallest absolute Gasteiger partial charge is 0.284 e. The van der Waals surface area contributed by atoms with Crippen LogP contribution in [0.25, 0.3) is 10.2 Å². The molecule has 0 bridgehead atoms. The van der Waals surface area contributed by atoms with Crippen LogP contribution < -0.4 is 11.2 Å². The Hall–Kier alpha value is -2.44. The molecule has 0 aliphatic heterocycles.